The number of nitrogens with one attached hydrogen (secondary N) is 1. The van der Waals surface area contributed by atoms with Crippen LogP contribution in [0.25, 0.3) is 10.9 Å². The van der Waals surface area contributed by atoms with Gasteiger partial charge in [-0.25, -0.2) is 4.39 Å². The van der Waals surface area contributed by atoms with Crippen LogP contribution < -0.4 is 5.32 Å². The maximum Gasteiger partial charge on any atom is 0.233 e. The van der Waals surface area contributed by atoms with E-state index in [-0.39, 0.29) is 17.0 Å². The van der Waals surface area contributed by atoms with Gasteiger partial charge >= 0.3 is 0 Å². The molecule has 0 saturated carbocycles. The molecule has 0 unspecified atom stereocenters. The Morgan fingerprint density at radius 1 is 1.38 bits per heavy atom. The Hall–Kier alpha value is -1.62. The summed E-state index contributed by atoms with van der Waals surface area (Å²) in [5, 5.41) is 3.69. The van der Waals surface area contributed by atoms with Crippen molar-refractivity contribution in [2.75, 3.05) is 6.54 Å². The molecule has 0 bridgehead atoms. The minimum atomic E-state index is -0.253. The van der Waals surface area contributed by atoms with E-state index in [2.05, 4.69) is 10.3 Å². The SMILES string of the molecule is O=C1NCCCC[C@@H]1SCc1cc(F)cc2cccnc12. The first-order valence-electron chi connectivity index (χ1n) is 7.16. The predicted octanol–water partition coefficient (Wildman–Crippen LogP) is 3.28. The predicted molar refractivity (Wildman–Crippen MR) is 83.6 cm³/mol. The topological polar surface area (TPSA) is 42.0 Å². The van der Waals surface area contributed by atoms with Gasteiger partial charge < -0.3 is 5.32 Å². The largest absolute Gasteiger partial charge is 0.355 e. The summed E-state index contributed by atoms with van der Waals surface area (Å²) in [5.41, 5.74) is 1.67. The fourth-order valence-corrected chi connectivity index (χ4v) is 3.77. The second kappa shape index (κ2) is 6.43. The Balaban J connectivity index is 1.80. The molecule has 0 radical (unpaired) electrons. The lowest BCUT2D eigenvalue weighted by atomic mass is 10.1. The molecular formula is C16H17FN2OS. The van der Waals surface area contributed by atoms with Crippen LogP contribution in [0, 0.1) is 5.82 Å². The van der Waals surface area contributed by atoms with Crippen LogP contribution in [0.2, 0.25) is 0 Å². The van der Waals surface area contributed by atoms with Crippen LogP contribution in [0.4, 0.5) is 4.39 Å². The molecule has 5 heteroatoms. The van der Waals surface area contributed by atoms with Gasteiger partial charge in [-0.3, -0.25) is 9.78 Å². The molecule has 1 atom stereocenters. The fourth-order valence-electron chi connectivity index (χ4n) is 2.60. The highest BCUT2D eigenvalue weighted by Crippen LogP contribution is 2.27. The van der Waals surface area contributed by atoms with E-state index >= 15 is 0 Å². The van der Waals surface area contributed by atoms with E-state index in [1.807, 2.05) is 6.07 Å². The molecule has 1 amide bonds. The average molecular weight is 304 g/mol. The molecule has 110 valence electrons. The zero-order valence-corrected chi connectivity index (χ0v) is 12.5. The number of carbonyl (C=O) groups is 1. The Morgan fingerprint density at radius 3 is 3.19 bits per heavy atom. The van der Waals surface area contributed by atoms with Crippen molar-refractivity contribution in [2.45, 2.75) is 30.3 Å². The summed E-state index contributed by atoms with van der Waals surface area (Å²) in [4.78, 5) is 16.3. The molecule has 1 fully saturated rings. The van der Waals surface area contributed by atoms with Crippen molar-refractivity contribution in [2.24, 2.45) is 0 Å². The highest BCUT2D eigenvalue weighted by molar-refractivity contribution is 7.99. The normalized spacial score (nSPS) is 19.3. The van der Waals surface area contributed by atoms with Crippen LogP contribution in [0.3, 0.4) is 0 Å². The highest BCUT2D eigenvalue weighted by atomic mass is 32.2. The Labute approximate surface area is 127 Å². The zero-order chi connectivity index (χ0) is 14.7. The minimum Gasteiger partial charge on any atom is -0.355 e. The number of thioether (sulfide) groups is 1. The number of nitrogens with zero attached hydrogens (tertiary/aromatic N) is 1. The van der Waals surface area contributed by atoms with Crippen LogP contribution in [0.1, 0.15) is 24.8 Å². The Bertz CT molecular complexity index is 662. The van der Waals surface area contributed by atoms with Gasteiger partial charge in [0.2, 0.25) is 5.91 Å². The number of benzene rings is 1. The zero-order valence-electron chi connectivity index (χ0n) is 11.6. The lowest BCUT2D eigenvalue weighted by molar-refractivity contribution is -0.120. The van der Waals surface area contributed by atoms with Crippen LogP contribution >= 0.6 is 11.8 Å². The van der Waals surface area contributed by atoms with Crippen LogP contribution in [0.15, 0.2) is 30.5 Å². The van der Waals surface area contributed by atoms with E-state index in [0.29, 0.717) is 5.75 Å². The summed E-state index contributed by atoms with van der Waals surface area (Å²) in [7, 11) is 0. The van der Waals surface area contributed by atoms with Crippen molar-refractivity contribution >= 4 is 28.6 Å². The molecule has 3 nitrogen and oxygen atoms in total. The van der Waals surface area contributed by atoms with Gasteiger partial charge in [0.15, 0.2) is 0 Å². The molecule has 1 saturated heterocycles. The number of hydrogen-bond donors (Lipinski definition) is 1. The molecule has 21 heavy (non-hydrogen) atoms. The van der Waals surface area contributed by atoms with Crippen LogP contribution in [-0.2, 0) is 10.5 Å². The van der Waals surface area contributed by atoms with Crippen molar-refractivity contribution < 1.29 is 9.18 Å². The number of carbonyl (C=O) groups excluding carboxylic acids is 1. The summed E-state index contributed by atoms with van der Waals surface area (Å²) >= 11 is 1.58. The second-order valence-electron chi connectivity index (χ2n) is 5.23. The summed E-state index contributed by atoms with van der Waals surface area (Å²) < 4.78 is 13.7. The third kappa shape index (κ3) is 3.35. The van der Waals surface area contributed by atoms with Crippen LogP contribution in [-0.4, -0.2) is 22.7 Å². The van der Waals surface area contributed by atoms with Crippen molar-refractivity contribution in [3.05, 3.63) is 41.8 Å². The molecule has 0 spiro atoms. The number of aromatic nitrogens is 1. The van der Waals surface area contributed by atoms with Gasteiger partial charge in [-0.05, 0) is 36.6 Å². The Morgan fingerprint density at radius 2 is 2.29 bits per heavy atom. The van der Waals surface area contributed by atoms with Gasteiger partial charge in [0, 0.05) is 23.9 Å². The lowest BCUT2D eigenvalue weighted by Gasteiger charge is -2.13. The summed E-state index contributed by atoms with van der Waals surface area (Å²) in [5.74, 6) is 0.450. The van der Waals surface area contributed by atoms with E-state index in [1.54, 1.807) is 24.0 Å². The van der Waals surface area contributed by atoms with E-state index in [4.69, 9.17) is 0 Å². The van der Waals surface area contributed by atoms with Crippen molar-refractivity contribution in [1.82, 2.24) is 10.3 Å². The number of amides is 1. The third-order valence-electron chi connectivity index (χ3n) is 3.67. The number of pyridine rings is 1. The summed E-state index contributed by atoms with van der Waals surface area (Å²) in [6.07, 6.45) is 4.69. The first-order chi connectivity index (χ1) is 10.2. The molecule has 3 rings (SSSR count). The maximum atomic E-state index is 13.7. The van der Waals surface area contributed by atoms with Gasteiger partial charge in [0.1, 0.15) is 5.82 Å². The quantitative estimate of drug-likeness (QED) is 0.946. The van der Waals surface area contributed by atoms with E-state index in [0.717, 1.165) is 42.3 Å². The van der Waals surface area contributed by atoms with Crippen LogP contribution in [0.5, 0.6) is 0 Å². The molecule has 0 aliphatic carbocycles. The maximum absolute atomic E-state index is 13.7. The van der Waals surface area contributed by atoms with Crippen molar-refractivity contribution in [1.29, 1.82) is 0 Å². The highest BCUT2D eigenvalue weighted by Gasteiger charge is 2.21. The smallest absolute Gasteiger partial charge is 0.233 e. The summed E-state index contributed by atoms with van der Waals surface area (Å²) in [6, 6.07) is 6.68. The second-order valence-corrected chi connectivity index (χ2v) is 6.42. The number of hydrogen-bond acceptors (Lipinski definition) is 3. The van der Waals surface area contributed by atoms with E-state index in [9.17, 15) is 9.18 Å². The molecule has 1 aromatic heterocycles. The molecule has 1 aliphatic rings. The molecule has 2 aromatic rings. The average Bonchev–Trinajstić information content (AvgIpc) is 2.69. The molecule has 2 heterocycles. The minimum absolute atomic E-state index is 0.0467. The van der Waals surface area contributed by atoms with Gasteiger partial charge in [-0.1, -0.05) is 12.5 Å². The first-order valence-corrected chi connectivity index (χ1v) is 8.21. The Kier molecular flexibility index (Phi) is 4.39. The molecular weight excluding hydrogens is 287 g/mol. The van der Waals surface area contributed by atoms with Gasteiger partial charge in [0.05, 0.1) is 10.8 Å². The van der Waals surface area contributed by atoms with Crippen molar-refractivity contribution in [3.63, 3.8) is 0 Å². The van der Waals surface area contributed by atoms with Crippen molar-refractivity contribution in [3.8, 4) is 0 Å². The number of fused-ring (bicyclic) bond motifs is 1. The summed E-state index contributed by atoms with van der Waals surface area (Å²) in [6.45, 7) is 0.764. The monoisotopic (exact) mass is 304 g/mol. The van der Waals surface area contributed by atoms with Gasteiger partial charge in [-0.15, -0.1) is 11.8 Å². The molecule has 1 aromatic carbocycles. The standard InChI is InChI=1S/C16H17FN2OS/c17-13-8-11-4-3-7-18-15(11)12(9-13)10-21-14-5-1-2-6-19-16(14)20/h3-4,7-9,14H,1-2,5-6,10H2,(H,19,20)/t14-/m0/s1. The number of halogens is 1. The van der Waals surface area contributed by atoms with Gasteiger partial charge in [0.25, 0.3) is 0 Å². The fraction of sp³-hybridized carbons (Fsp3) is 0.375. The number of rotatable bonds is 3. The molecule has 1 N–H and O–H groups in total. The third-order valence-corrected chi connectivity index (χ3v) is 5.00. The van der Waals surface area contributed by atoms with E-state index < -0.39 is 0 Å². The van der Waals surface area contributed by atoms with E-state index in [1.165, 1.54) is 12.1 Å². The van der Waals surface area contributed by atoms with Gasteiger partial charge in [-0.2, -0.15) is 0 Å². The first kappa shape index (κ1) is 14.3. The molecule has 1 aliphatic heterocycles. The lowest BCUT2D eigenvalue weighted by Crippen LogP contribution is -2.30.